The lowest BCUT2D eigenvalue weighted by molar-refractivity contribution is -0.148. The van der Waals surface area contributed by atoms with E-state index < -0.39 is 48.5 Å². The van der Waals surface area contributed by atoms with E-state index in [-0.39, 0.29) is 18.7 Å². The van der Waals surface area contributed by atoms with Crippen LogP contribution in [0, 0.1) is 12.8 Å². The van der Waals surface area contributed by atoms with Gasteiger partial charge in [0.2, 0.25) is 0 Å². The van der Waals surface area contributed by atoms with Gasteiger partial charge < -0.3 is 33.5 Å². The Labute approximate surface area is 283 Å². The smallest absolute Gasteiger partial charge is 0.342 e. The molecule has 13 heteroatoms. The summed E-state index contributed by atoms with van der Waals surface area (Å²) in [5.74, 6) is -1.10. The van der Waals surface area contributed by atoms with Gasteiger partial charge in [-0.2, -0.15) is 0 Å². The molecule has 1 aliphatic rings. The van der Waals surface area contributed by atoms with Gasteiger partial charge in [0.1, 0.15) is 23.7 Å². The van der Waals surface area contributed by atoms with Crippen LogP contribution in [0.5, 0.6) is 11.5 Å². The number of carboxylic acids is 1. The molecule has 3 unspecified atom stereocenters. The van der Waals surface area contributed by atoms with Crippen molar-refractivity contribution < 1.29 is 47.9 Å². The fraction of sp³-hybridized carbons (Fsp3) is 0.618. The maximum absolute atomic E-state index is 13.3. The first-order valence-electron chi connectivity index (χ1n) is 16.2. The van der Waals surface area contributed by atoms with E-state index in [0.717, 1.165) is 34.4 Å². The molecule has 0 fully saturated rings. The SMILES string of the molecule is COc1c(C)c2c(c(OCC[Si](C)(C)C)c1CC=C(C)CC(CC=CCP(O)OC(C)C(=O)O)C(=O)OCC[Si](C)(C)C)C(=O)OC2. The molecule has 0 aromatic heterocycles. The van der Waals surface area contributed by atoms with Gasteiger partial charge in [-0.25, -0.2) is 9.59 Å². The summed E-state index contributed by atoms with van der Waals surface area (Å²) in [5, 5.41) is 9.00. The number of hydrogen-bond acceptors (Lipinski definition) is 9. The summed E-state index contributed by atoms with van der Waals surface area (Å²) in [4.78, 5) is 47.2. The van der Waals surface area contributed by atoms with E-state index in [0.29, 0.717) is 49.5 Å². The molecule has 1 heterocycles. The second kappa shape index (κ2) is 18.3. The Bertz CT molecular complexity index is 1310. The molecule has 47 heavy (non-hydrogen) atoms. The predicted molar refractivity (Wildman–Crippen MR) is 191 cm³/mol. The highest BCUT2D eigenvalue weighted by atomic mass is 31.2. The highest BCUT2D eigenvalue weighted by molar-refractivity contribution is 7.46. The molecular weight excluding hydrogens is 656 g/mol. The average molecular weight is 711 g/mol. The van der Waals surface area contributed by atoms with Crippen molar-refractivity contribution >= 4 is 42.4 Å². The molecule has 1 aromatic carbocycles. The molecular formula is C34H55O10PSi2. The third-order valence-corrected chi connectivity index (χ3v) is 12.3. The third kappa shape index (κ3) is 13.5. The predicted octanol–water partition coefficient (Wildman–Crippen LogP) is 7.51. The van der Waals surface area contributed by atoms with Crippen LogP contribution >= 0.6 is 8.38 Å². The molecule has 0 bridgehead atoms. The van der Waals surface area contributed by atoms with Crippen LogP contribution in [0.3, 0.4) is 0 Å². The molecule has 3 atom stereocenters. The number of carbonyl (C=O) groups is 3. The molecule has 2 rings (SSSR count). The van der Waals surface area contributed by atoms with Crippen LogP contribution in [0.2, 0.25) is 51.4 Å². The monoisotopic (exact) mass is 710 g/mol. The van der Waals surface area contributed by atoms with Gasteiger partial charge in [0.05, 0.1) is 26.2 Å². The second-order valence-corrected chi connectivity index (χ2v) is 27.0. The number of cyclic esters (lactones) is 1. The highest BCUT2D eigenvalue weighted by Crippen LogP contribution is 2.43. The Balaban J connectivity index is 2.31. The van der Waals surface area contributed by atoms with Crippen molar-refractivity contribution in [1.82, 2.24) is 0 Å². The Kier molecular flexibility index (Phi) is 15.8. The normalized spacial score (nSPS) is 15.6. The molecule has 0 spiro atoms. The maximum Gasteiger partial charge on any atom is 0.342 e. The zero-order valence-corrected chi connectivity index (χ0v) is 32.8. The van der Waals surface area contributed by atoms with E-state index in [2.05, 4.69) is 39.3 Å². The lowest BCUT2D eigenvalue weighted by atomic mass is 9.93. The van der Waals surface area contributed by atoms with E-state index >= 15 is 0 Å². The first kappa shape index (κ1) is 40.7. The first-order chi connectivity index (χ1) is 21.8. The van der Waals surface area contributed by atoms with Crippen molar-refractivity contribution in [3.63, 3.8) is 0 Å². The number of hydrogen-bond donors (Lipinski definition) is 2. The largest absolute Gasteiger partial charge is 0.496 e. The van der Waals surface area contributed by atoms with Gasteiger partial charge in [-0.3, -0.25) is 4.79 Å². The molecule has 0 saturated heterocycles. The summed E-state index contributed by atoms with van der Waals surface area (Å²) in [7, 11) is -3.12. The minimum Gasteiger partial charge on any atom is -0.496 e. The maximum atomic E-state index is 13.3. The molecule has 264 valence electrons. The van der Waals surface area contributed by atoms with Crippen LogP contribution < -0.4 is 9.47 Å². The van der Waals surface area contributed by atoms with Gasteiger partial charge in [0, 0.05) is 33.4 Å². The Morgan fingerprint density at radius 3 is 2.28 bits per heavy atom. The van der Waals surface area contributed by atoms with E-state index in [9.17, 15) is 19.3 Å². The van der Waals surface area contributed by atoms with Crippen LogP contribution in [-0.2, 0) is 36.6 Å². The Morgan fingerprint density at radius 1 is 1.04 bits per heavy atom. The third-order valence-electron chi connectivity index (χ3n) is 7.85. The summed E-state index contributed by atoms with van der Waals surface area (Å²) in [6, 6.07) is 1.80. The summed E-state index contributed by atoms with van der Waals surface area (Å²) < 4.78 is 28.5. The molecule has 10 nitrogen and oxygen atoms in total. The van der Waals surface area contributed by atoms with E-state index in [1.165, 1.54) is 6.92 Å². The minimum absolute atomic E-state index is 0.152. The number of fused-ring (bicyclic) bond motifs is 1. The van der Waals surface area contributed by atoms with E-state index in [4.69, 9.17) is 28.6 Å². The summed E-state index contributed by atoms with van der Waals surface area (Å²) in [5.41, 5.74) is 3.86. The summed E-state index contributed by atoms with van der Waals surface area (Å²) in [6.45, 7) is 19.8. The van der Waals surface area contributed by atoms with Gasteiger partial charge >= 0.3 is 17.9 Å². The lowest BCUT2D eigenvalue weighted by Gasteiger charge is -2.22. The van der Waals surface area contributed by atoms with Crippen molar-refractivity contribution in [1.29, 1.82) is 0 Å². The van der Waals surface area contributed by atoms with Gasteiger partial charge in [0.15, 0.2) is 14.5 Å². The number of allylic oxidation sites excluding steroid dienone is 4. The minimum atomic E-state index is -1.94. The van der Waals surface area contributed by atoms with Gasteiger partial charge in [0.25, 0.3) is 0 Å². The van der Waals surface area contributed by atoms with Crippen LogP contribution in [0.15, 0.2) is 23.8 Å². The number of benzene rings is 1. The van der Waals surface area contributed by atoms with Crippen LogP contribution in [-0.4, -0.2) is 76.6 Å². The number of rotatable bonds is 20. The van der Waals surface area contributed by atoms with Crippen molar-refractivity contribution in [3.8, 4) is 11.5 Å². The quantitative estimate of drug-likeness (QED) is 0.0605. The van der Waals surface area contributed by atoms with Crippen molar-refractivity contribution in [3.05, 3.63) is 46.1 Å². The number of carbonyl (C=O) groups excluding carboxylic acids is 2. The first-order valence-corrected chi connectivity index (χ1v) is 25.0. The van der Waals surface area contributed by atoms with Gasteiger partial charge in [-0.05, 0) is 57.7 Å². The zero-order valence-electron chi connectivity index (χ0n) is 29.9. The zero-order chi connectivity index (χ0) is 35.5. The summed E-state index contributed by atoms with van der Waals surface area (Å²) in [6.07, 6.45) is 5.86. The van der Waals surface area contributed by atoms with E-state index in [1.54, 1.807) is 19.3 Å². The van der Waals surface area contributed by atoms with Crippen molar-refractivity contribution in [2.45, 2.75) is 104 Å². The molecule has 2 N–H and O–H groups in total. The van der Waals surface area contributed by atoms with Crippen LogP contribution in [0.4, 0.5) is 0 Å². The molecule has 0 saturated carbocycles. The topological polar surface area (TPSA) is 138 Å². The standard InChI is InChI=1S/C34H55O10PSi2/c1-23(21-26(33(37)42-17-20-47(8,9)10)13-11-12-18-45(39)44-25(3)32(35)36)14-15-27-30(40-4)24(2)28-22-43-34(38)29(28)31(27)41-16-19-46(5,6)7/h11-12,14,25-26,39H,13,15-22H2,1-10H3,(H,35,36). The number of ether oxygens (including phenoxy) is 4. The van der Waals surface area contributed by atoms with Crippen molar-refractivity contribution in [2.75, 3.05) is 26.5 Å². The van der Waals surface area contributed by atoms with Gasteiger partial charge in [-0.1, -0.05) is 63.1 Å². The summed E-state index contributed by atoms with van der Waals surface area (Å²) >= 11 is 0. The Hall–Kier alpha value is -2.51. The number of methoxy groups -OCH3 is 1. The fourth-order valence-corrected chi connectivity index (χ4v) is 7.21. The molecule has 1 aliphatic heterocycles. The van der Waals surface area contributed by atoms with E-state index in [1.807, 2.05) is 19.9 Å². The molecule has 0 aliphatic carbocycles. The molecule has 0 radical (unpaired) electrons. The van der Waals surface area contributed by atoms with Crippen LogP contribution in [0.25, 0.3) is 0 Å². The lowest BCUT2D eigenvalue weighted by Crippen LogP contribution is -2.25. The molecule has 1 aromatic rings. The van der Waals surface area contributed by atoms with Crippen LogP contribution in [0.1, 0.15) is 53.7 Å². The average Bonchev–Trinajstić information content (AvgIpc) is 3.34. The highest BCUT2D eigenvalue weighted by Gasteiger charge is 2.33. The van der Waals surface area contributed by atoms with Gasteiger partial charge in [-0.15, -0.1) is 0 Å². The second-order valence-electron chi connectivity index (χ2n) is 14.5. The Morgan fingerprint density at radius 2 is 1.68 bits per heavy atom. The molecule has 0 amide bonds. The number of esters is 2. The van der Waals surface area contributed by atoms with Crippen molar-refractivity contribution in [2.24, 2.45) is 5.92 Å². The number of aliphatic carboxylic acids is 1. The number of carboxylic acid groups (broad SMARTS) is 1. The fourth-order valence-electron chi connectivity index (χ4n) is 4.91.